The van der Waals surface area contributed by atoms with Crippen LogP contribution in [0.1, 0.15) is 106 Å². The van der Waals surface area contributed by atoms with Crippen molar-refractivity contribution in [2.24, 2.45) is 11.3 Å². The Hall–Kier alpha value is -1.27. The monoisotopic (exact) mass is 634 g/mol. The van der Waals surface area contributed by atoms with E-state index in [1.54, 1.807) is 17.6 Å². The second-order valence-electron chi connectivity index (χ2n) is 14.3. The fraction of sp³-hybridized carbons (Fsp3) is 0.417. The van der Waals surface area contributed by atoms with E-state index >= 15 is 0 Å². The minimum atomic E-state index is -2.30. The molecule has 4 aliphatic rings. The van der Waals surface area contributed by atoms with Crippen LogP contribution in [0.5, 0.6) is 0 Å². The smallest absolute Gasteiger partial charge is 1.00 e. The predicted octanol–water partition coefficient (Wildman–Crippen LogP) is 3.71. The molecular formula is C36H42Cl2Zr. The first-order valence-corrected chi connectivity index (χ1v) is 17.9. The van der Waals surface area contributed by atoms with Gasteiger partial charge in [-0.15, -0.1) is 0 Å². The minimum Gasteiger partial charge on any atom is -1.00 e. The van der Waals surface area contributed by atoms with Crippen LogP contribution in [0, 0.1) is 11.3 Å². The summed E-state index contributed by atoms with van der Waals surface area (Å²) in [5, 5.41) is 0. The summed E-state index contributed by atoms with van der Waals surface area (Å²) >= 11 is -2.30. The normalized spacial score (nSPS) is 20.6. The molecule has 39 heavy (non-hydrogen) atoms. The molecule has 0 amide bonds. The van der Waals surface area contributed by atoms with E-state index < -0.39 is 21.3 Å². The fourth-order valence-corrected chi connectivity index (χ4v) is 15.6. The number of benzene rings is 2. The molecule has 1 atom stereocenters. The number of hydrogen-bond acceptors (Lipinski definition) is 0. The van der Waals surface area contributed by atoms with Crippen LogP contribution in [0.3, 0.4) is 0 Å². The van der Waals surface area contributed by atoms with E-state index in [4.69, 9.17) is 0 Å². The van der Waals surface area contributed by atoms with Crippen molar-refractivity contribution < 1.29 is 46.1 Å². The van der Waals surface area contributed by atoms with Gasteiger partial charge in [-0.05, 0) is 0 Å². The third-order valence-electron chi connectivity index (χ3n) is 9.34. The molecule has 2 aromatic rings. The van der Waals surface area contributed by atoms with Crippen molar-refractivity contribution in [1.29, 1.82) is 0 Å². The van der Waals surface area contributed by atoms with E-state index in [2.05, 4.69) is 130 Å². The summed E-state index contributed by atoms with van der Waals surface area (Å²) in [6, 6.07) is 10.3. The predicted molar refractivity (Wildman–Crippen MR) is 159 cm³/mol. The average Bonchev–Trinajstić information content (AvgIpc) is 3.50. The minimum absolute atomic E-state index is 0. The number of rotatable bonds is 2. The molecule has 0 aromatic heterocycles. The van der Waals surface area contributed by atoms with Gasteiger partial charge in [0, 0.05) is 0 Å². The van der Waals surface area contributed by atoms with Crippen LogP contribution in [-0.4, -0.2) is 3.21 Å². The van der Waals surface area contributed by atoms with Crippen molar-refractivity contribution in [2.75, 3.05) is 0 Å². The van der Waals surface area contributed by atoms with Gasteiger partial charge in [0.05, 0.1) is 0 Å². The summed E-state index contributed by atoms with van der Waals surface area (Å²) < 4.78 is 4.04. The number of hydrogen-bond donors (Lipinski definition) is 0. The summed E-state index contributed by atoms with van der Waals surface area (Å²) in [5.74, 6) is 0.547. The first-order valence-electron chi connectivity index (χ1n) is 14.1. The SMILES string of the molecule is C[C](C)=[Zr+2]([C]1=CC(C(C)(C)C)=CC1C)[CH]1c2cc3c(cc2-c2cc4c(cc21)C(C)(C)C=C4)C=CC3(C)C.[Cl-].[Cl-]. The van der Waals surface area contributed by atoms with E-state index in [1.165, 1.54) is 39.0 Å². The molecule has 0 bridgehead atoms. The Labute approximate surface area is 256 Å². The molecule has 0 N–H and O–H groups in total. The van der Waals surface area contributed by atoms with Crippen LogP contribution in [0.15, 0.2) is 57.4 Å². The maximum atomic E-state index is 2.64. The van der Waals surface area contributed by atoms with Gasteiger partial charge in [0.1, 0.15) is 0 Å². The fourth-order valence-electron chi connectivity index (χ4n) is 7.10. The van der Waals surface area contributed by atoms with Crippen LogP contribution >= 0.6 is 0 Å². The van der Waals surface area contributed by atoms with Gasteiger partial charge in [0.2, 0.25) is 0 Å². The maximum absolute atomic E-state index is 2.64. The van der Waals surface area contributed by atoms with E-state index in [9.17, 15) is 0 Å². The van der Waals surface area contributed by atoms with Crippen molar-refractivity contribution in [3.8, 4) is 11.1 Å². The molecule has 4 aliphatic carbocycles. The van der Waals surface area contributed by atoms with Crippen molar-refractivity contribution in [3.05, 3.63) is 90.8 Å². The zero-order valence-electron chi connectivity index (χ0n) is 25.2. The third kappa shape index (κ3) is 4.74. The summed E-state index contributed by atoms with van der Waals surface area (Å²) in [7, 11) is 0. The second kappa shape index (κ2) is 9.93. The second-order valence-corrected chi connectivity index (χ2v) is 21.6. The topological polar surface area (TPSA) is 0 Å². The summed E-state index contributed by atoms with van der Waals surface area (Å²) in [6.07, 6.45) is 14.7. The van der Waals surface area contributed by atoms with Crippen molar-refractivity contribution >= 4 is 15.4 Å². The molecule has 204 valence electrons. The molecule has 3 heteroatoms. The van der Waals surface area contributed by atoms with Gasteiger partial charge in [0.15, 0.2) is 0 Å². The third-order valence-corrected chi connectivity index (χ3v) is 17.9. The molecular weight excluding hydrogens is 595 g/mol. The molecule has 0 aliphatic heterocycles. The standard InChI is InChI=1S/C23H21.C10H15.C3H6.2ClH.Zr/c1-22(2)7-5-14-10-18-16(12-20(14)22)9-17-13-21-15(11-19(17)18)6-8-23(21,3)4;1-8-5-6-9(7-8)10(2,3)4;1-3-2;;;/h5-13H,1-4H3;6-8H,1-4H3;1-2H3;2*1H;/q;;;;;+2/p-2. The summed E-state index contributed by atoms with van der Waals surface area (Å²) in [4.78, 5) is 0. The molecule has 6 rings (SSSR count). The van der Waals surface area contributed by atoms with Crippen LogP contribution in [0.25, 0.3) is 23.3 Å². The van der Waals surface area contributed by atoms with Gasteiger partial charge < -0.3 is 24.8 Å². The Balaban J connectivity index is 0.00000176. The van der Waals surface area contributed by atoms with Crippen molar-refractivity contribution in [3.63, 3.8) is 0 Å². The molecule has 0 heterocycles. The molecule has 0 saturated carbocycles. The Bertz CT molecular complexity index is 1450. The zero-order chi connectivity index (χ0) is 26.7. The molecule has 1 unspecified atom stereocenters. The van der Waals surface area contributed by atoms with Crippen LogP contribution in [0.2, 0.25) is 0 Å². The van der Waals surface area contributed by atoms with Gasteiger partial charge in [-0.2, -0.15) is 0 Å². The zero-order valence-corrected chi connectivity index (χ0v) is 29.2. The first kappa shape index (κ1) is 30.7. The molecule has 0 radical (unpaired) electrons. The van der Waals surface area contributed by atoms with E-state index in [1.807, 2.05) is 0 Å². The van der Waals surface area contributed by atoms with Crippen LogP contribution in [-0.2, 0) is 32.1 Å². The number of halogens is 2. The van der Waals surface area contributed by atoms with E-state index in [0.717, 1.165) is 0 Å². The number of allylic oxidation sites excluding steroid dienone is 6. The molecule has 2 aromatic carbocycles. The van der Waals surface area contributed by atoms with E-state index in [0.29, 0.717) is 9.54 Å². The van der Waals surface area contributed by atoms with Crippen LogP contribution in [0.4, 0.5) is 0 Å². The quantitative estimate of drug-likeness (QED) is 0.472. The molecule has 0 spiro atoms. The average molecular weight is 637 g/mol. The van der Waals surface area contributed by atoms with Gasteiger partial charge >= 0.3 is 234 Å². The number of fused-ring (bicyclic) bond motifs is 5. The Morgan fingerprint density at radius 2 is 1.23 bits per heavy atom. The summed E-state index contributed by atoms with van der Waals surface area (Å²) in [6.45, 7) is 24.0. The summed E-state index contributed by atoms with van der Waals surface area (Å²) in [5.41, 5.74) is 14.0. The first-order chi connectivity index (χ1) is 17.2. The van der Waals surface area contributed by atoms with Gasteiger partial charge in [-0.25, -0.2) is 0 Å². The Morgan fingerprint density at radius 1 is 0.769 bits per heavy atom. The largest absolute Gasteiger partial charge is 1.00 e. The van der Waals surface area contributed by atoms with Crippen molar-refractivity contribution in [1.82, 2.24) is 0 Å². The van der Waals surface area contributed by atoms with Crippen LogP contribution < -0.4 is 24.8 Å². The molecule has 0 fully saturated rings. The van der Waals surface area contributed by atoms with Gasteiger partial charge in [0.25, 0.3) is 0 Å². The van der Waals surface area contributed by atoms with Gasteiger partial charge in [-0.1, -0.05) is 0 Å². The maximum Gasteiger partial charge on any atom is -1.00 e. The Kier molecular flexibility index (Phi) is 7.81. The molecule has 0 nitrogen and oxygen atoms in total. The van der Waals surface area contributed by atoms with Crippen molar-refractivity contribution in [2.45, 2.75) is 83.7 Å². The molecule has 0 saturated heterocycles. The Morgan fingerprint density at radius 3 is 1.62 bits per heavy atom. The van der Waals surface area contributed by atoms with Gasteiger partial charge in [-0.3, -0.25) is 0 Å². The van der Waals surface area contributed by atoms with E-state index in [-0.39, 0.29) is 41.1 Å².